The van der Waals surface area contributed by atoms with Crippen LogP contribution in [0.4, 0.5) is 5.69 Å². The number of rotatable bonds is 5. The number of nitrogens with two attached hydrogens (primary N) is 1. The van der Waals surface area contributed by atoms with E-state index in [9.17, 15) is 8.42 Å². The smallest absolute Gasteiger partial charge is 0.339 e. The van der Waals surface area contributed by atoms with E-state index in [0.29, 0.717) is 11.4 Å². The van der Waals surface area contributed by atoms with Gasteiger partial charge >= 0.3 is 10.1 Å². The van der Waals surface area contributed by atoms with Gasteiger partial charge in [-0.05, 0) is 54.5 Å². The molecule has 2 aromatic carbocycles. The first-order valence-corrected chi connectivity index (χ1v) is 12.3. The molecule has 0 unspecified atom stereocenters. The maximum Gasteiger partial charge on any atom is 0.339 e. The normalized spacial score (nSPS) is 12.7. The standard InChI is InChI=1S/C18H25NO4SSi/c1-18(2,3)25(4,5)23-17-9-7-6-8-16(17)22-24(20,21)15-12-10-14(19)11-13-15/h6-13H,19H2,1-5H3. The van der Waals surface area contributed by atoms with Crippen molar-refractivity contribution < 1.29 is 17.0 Å². The van der Waals surface area contributed by atoms with Crippen LogP contribution in [-0.4, -0.2) is 16.7 Å². The van der Waals surface area contributed by atoms with Crippen molar-refractivity contribution in [2.45, 2.75) is 43.8 Å². The van der Waals surface area contributed by atoms with Gasteiger partial charge in [-0.3, -0.25) is 0 Å². The van der Waals surface area contributed by atoms with Gasteiger partial charge in [0.15, 0.2) is 5.75 Å². The molecule has 136 valence electrons. The number of hydrogen-bond donors (Lipinski definition) is 1. The monoisotopic (exact) mass is 379 g/mol. The Labute approximate surface area is 151 Å². The number of hydrogen-bond acceptors (Lipinski definition) is 5. The van der Waals surface area contributed by atoms with Crippen molar-refractivity contribution in [1.82, 2.24) is 0 Å². The van der Waals surface area contributed by atoms with Crippen molar-refractivity contribution in [2.24, 2.45) is 0 Å². The van der Waals surface area contributed by atoms with E-state index in [1.165, 1.54) is 24.3 Å². The van der Waals surface area contributed by atoms with Crippen molar-refractivity contribution >= 4 is 24.1 Å². The molecule has 0 aliphatic rings. The van der Waals surface area contributed by atoms with Gasteiger partial charge in [-0.15, -0.1) is 0 Å². The van der Waals surface area contributed by atoms with Crippen LogP contribution in [0.2, 0.25) is 18.1 Å². The van der Waals surface area contributed by atoms with Gasteiger partial charge in [-0.25, -0.2) is 0 Å². The second-order valence-corrected chi connectivity index (χ2v) is 13.7. The summed E-state index contributed by atoms with van der Waals surface area (Å²) in [7, 11) is -6.09. The molecule has 0 saturated heterocycles. The van der Waals surface area contributed by atoms with Gasteiger partial charge in [0, 0.05) is 5.69 Å². The lowest BCUT2D eigenvalue weighted by atomic mass is 10.2. The van der Waals surface area contributed by atoms with Crippen LogP contribution in [-0.2, 0) is 10.1 Å². The zero-order chi connectivity index (χ0) is 18.9. The highest BCUT2D eigenvalue weighted by Gasteiger charge is 2.39. The Morgan fingerprint density at radius 1 is 0.920 bits per heavy atom. The van der Waals surface area contributed by atoms with E-state index in [4.69, 9.17) is 14.3 Å². The van der Waals surface area contributed by atoms with Gasteiger partial charge < -0.3 is 14.3 Å². The first-order chi connectivity index (χ1) is 11.4. The molecule has 0 saturated carbocycles. The van der Waals surface area contributed by atoms with Gasteiger partial charge in [-0.2, -0.15) is 8.42 Å². The summed E-state index contributed by atoms with van der Waals surface area (Å²) in [4.78, 5) is 0.0452. The molecule has 2 rings (SSSR count). The molecule has 0 aliphatic carbocycles. The number of benzene rings is 2. The number of nitrogen functional groups attached to an aromatic ring is 1. The van der Waals surface area contributed by atoms with E-state index >= 15 is 0 Å². The molecular formula is C18H25NO4SSi. The van der Waals surface area contributed by atoms with Crippen LogP contribution in [0.5, 0.6) is 11.5 Å². The van der Waals surface area contributed by atoms with Crippen molar-refractivity contribution in [2.75, 3.05) is 5.73 Å². The highest BCUT2D eigenvalue weighted by Crippen LogP contribution is 2.40. The summed E-state index contributed by atoms with van der Waals surface area (Å²) in [6.07, 6.45) is 0. The average molecular weight is 380 g/mol. The SMILES string of the molecule is CC(C)(C)[Si](C)(C)Oc1ccccc1OS(=O)(=O)c1ccc(N)cc1. The van der Waals surface area contributed by atoms with Gasteiger partial charge in [0.2, 0.25) is 0 Å². The molecule has 0 spiro atoms. The molecule has 0 aromatic heterocycles. The third-order valence-electron chi connectivity index (χ3n) is 4.39. The molecule has 25 heavy (non-hydrogen) atoms. The topological polar surface area (TPSA) is 78.6 Å². The summed E-state index contributed by atoms with van der Waals surface area (Å²) in [5.41, 5.74) is 6.09. The zero-order valence-corrected chi connectivity index (χ0v) is 17.1. The highest BCUT2D eigenvalue weighted by atomic mass is 32.2. The van der Waals surface area contributed by atoms with Crippen LogP contribution in [0, 0.1) is 0 Å². The third-order valence-corrected chi connectivity index (χ3v) is 9.98. The molecule has 0 aliphatic heterocycles. The quantitative estimate of drug-likeness (QED) is 0.472. The van der Waals surface area contributed by atoms with Gasteiger partial charge in [0.05, 0.1) is 0 Å². The van der Waals surface area contributed by atoms with Crippen molar-refractivity contribution in [3.63, 3.8) is 0 Å². The summed E-state index contributed by atoms with van der Waals surface area (Å²) in [6.45, 7) is 10.5. The van der Waals surface area contributed by atoms with Crippen molar-refractivity contribution in [1.29, 1.82) is 0 Å². The fourth-order valence-corrected chi connectivity index (χ4v) is 3.80. The first kappa shape index (κ1) is 19.3. The Morgan fingerprint density at radius 3 is 1.96 bits per heavy atom. The van der Waals surface area contributed by atoms with E-state index in [0.717, 1.165) is 0 Å². The van der Waals surface area contributed by atoms with Gasteiger partial charge in [0.25, 0.3) is 8.32 Å². The molecule has 0 radical (unpaired) electrons. The second kappa shape index (κ2) is 6.72. The Hall–Kier alpha value is -1.99. The molecule has 0 heterocycles. The Kier molecular flexibility index (Phi) is 5.20. The Bertz CT molecular complexity index is 840. The van der Waals surface area contributed by atoms with Crippen molar-refractivity contribution in [3.05, 3.63) is 48.5 Å². The van der Waals surface area contributed by atoms with E-state index in [2.05, 4.69) is 33.9 Å². The lowest BCUT2D eigenvalue weighted by molar-refractivity contribution is 0.446. The first-order valence-electron chi connectivity index (χ1n) is 8.00. The summed E-state index contributed by atoms with van der Waals surface area (Å²) in [5, 5.41) is -0.0179. The van der Waals surface area contributed by atoms with E-state index < -0.39 is 18.4 Å². The number of para-hydroxylation sites is 2. The average Bonchev–Trinajstić information content (AvgIpc) is 2.48. The zero-order valence-electron chi connectivity index (χ0n) is 15.2. The number of anilines is 1. The Morgan fingerprint density at radius 2 is 1.44 bits per heavy atom. The van der Waals surface area contributed by atoms with E-state index in [1.54, 1.807) is 24.3 Å². The van der Waals surface area contributed by atoms with E-state index in [-0.39, 0.29) is 15.7 Å². The molecule has 0 fully saturated rings. The maximum atomic E-state index is 12.5. The summed E-state index contributed by atoms with van der Waals surface area (Å²) < 4.78 is 36.6. The van der Waals surface area contributed by atoms with Gasteiger partial charge in [0.1, 0.15) is 10.6 Å². The van der Waals surface area contributed by atoms with Crippen LogP contribution in [0.1, 0.15) is 20.8 Å². The van der Waals surface area contributed by atoms with E-state index in [1.807, 2.05) is 0 Å². The predicted octanol–water partition coefficient (Wildman–Crippen LogP) is 4.42. The molecule has 0 amide bonds. The fourth-order valence-electron chi connectivity index (χ4n) is 1.83. The molecule has 2 aromatic rings. The molecule has 0 atom stereocenters. The second-order valence-electron chi connectivity index (χ2n) is 7.42. The van der Waals surface area contributed by atoms with Crippen LogP contribution < -0.4 is 14.3 Å². The molecule has 2 N–H and O–H groups in total. The van der Waals surface area contributed by atoms with Crippen LogP contribution in [0.25, 0.3) is 0 Å². The molecule has 0 bridgehead atoms. The lowest BCUT2D eigenvalue weighted by Crippen LogP contribution is -2.43. The minimum atomic E-state index is -3.96. The predicted molar refractivity (Wildman–Crippen MR) is 103 cm³/mol. The van der Waals surface area contributed by atoms with Crippen molar-refractivity contribution in [3.8, 4) is 11.5 Å². The van der Waals surface area contributed by atoms with Crippen LogP contribution >= 0.6 is 0 Å². The third kappa shape index (κ3) is 4.55. The Balaban J connectivity index is 2.34. The summed E-state index contributed by atoms with van der Waals surface area (Å²) >= 11 is 0. The minimum Gasteiger partial charge on any atom is -0.541 e. The van der Waals surface area contributed by atoms with Crippen LogP contribution in [0.15, 0.2) is 53.4 Å². The lowest BCUT2D eigenvalue weighted by Gasteiger charge is -2.36. The van der Waals surface area contributed by atoms with Gasteiger partial charge in [-0.1, -0.05) is 32.9 Å². The summed E-state index contributed by atoms with van der Waals surface area (Å²) in [6, 6.07) is 12.7. The maximum absolute atomic E-state index is 12.5. The molecule has 7 heteroatoms. The molecule has 5 nitrogen and oxygen atoms in total. The highest BCUT2D eigenvalue weighted by molar-refractivity contribution is 7.87. The largest absolute Gasteiger partial charge is 0.541 e. The molecular weight excluding hydrogens is 354 g/mol. The van der Waals surface area contributed by atoms with Crippen LogP contribution in [0.3, 0.4) is 0 Å². The minimum absolute atomic E-state index is 0.0179. The summed E-state index contributed by atoms with van der Waals surface area (Å²) in [5.74, 6) is 0.622. The fraction of sp³-hybridized carbons (Fsp3) is 0.333.